The number of anilines is 2. The van der Waals surface area contributed by atoms with Crippen LogP contribution in [-0.2, 0) is 38.1 Å². The number of ether oxygens (including phenoxy) is 4. The quantitative estimate of drug-likeness (QED) is 0.0303. The lowest BCUT2D eigenvalue weighted by Crippen LogP contribution is -2.61. The van der Waals surface area contributed by atoms with E-state index in [1.165, 1.54) is 55.5 Å². The number of rotatable bonds is 32. The number of nitrogens with one attached hydrogen (secondary N) is 4. The van der Waals surface area contributed by atoms with Crippen LogP contribution >= 0.6 is 0 Å². The monoisotopic (exact) mass is 1150 g/mol. The molecule has 31 heteroatoms. The summed E-state index contributed by atoms with van der Waals surface area (Å²) in [5.41, 5.74) is 0.814. The van der Waals surface area contributed by atoms with Crippen LogP contribution in [0.25, 0.3) is 0 Å². The minimum absolute atomic E-state index is 0.00364. The number of hydrogen-bond donors (Lipinski definition) is 20. The standard InChI is InChI=1S/C49H75N7O24/c1-24(61)50-11-8-35(66)51-12-15-56(13-9-36(67)54-27-6-2-4-25(16-27)52-18-29(62)38(69)46(31(64)20-57)79-48-44(75)42(73)40(71)33(22-59)77-48)14-10-37(68)55-28-7-3-5-26(17-28)53-19-30(63)39(70)47(32(65)21-58)80-49-45(76)43(74)41(72)34(23-60)78-49/h2-7,16-19,29-34,38-49,57-60,62-65,69-76H,8-15,20-23H2,1H3,(H,50,61)(H,51,66)(H,54,67)(H,55,68)/t29?,30?,31?,32?,33?,34?,38-,39-,40+,41+,42+,43+,44?,45?,46+,47+,48+,49?/m0/s1. The summed E-state index contributed by atoms with van der Waals surface area (Å²) in [4.78, 5) is 60.1. The average Bonchev–Trinajstić information content (AvgIpc) is 3.44. The van der Waals surface area contributed by atoms with Crippen molar-refractivity contribution in [3.8, 4) is 0 Å². The molecule has 80 heavy (non-hydrogen) atoms. The lowest BCUT2D eigenvalue weighted by Gasteiger charge is -2.42. The Hall–Kier alpha value is -5.18. The van der Waals surface area contributed by atoms with Gasteiger partial charge in [0.15, 0.2) is 12.6 Å². The van der Waals surface area contributed by atoms with Crippen molar-refractivity contribution in [1.82, 2.24) is 15.5 Å². The molecule has 0 radical (unpaired) electrons. The molecule has 450 valence electrons. The van der Waals surface area contributed by atoms with Gasteiger partial charge >= 0.3 is 0 Å². The second kappa shape index (κ2) is 33.7. The van der Waals surface area contributed by atoms with E-state index >= 15 is 0 Å². The molecule has 2 heterocycles. The van der Waals surface area contributed by atoms with Gasteiger partial charge in [-0.15, -0.1) is 0 Å². The molecule has 2 fully saturated rings. The molecule has 18 atom stereocenters. The van der Waals surface area contributed by atoms with Crippen LogP contribution in [0.4, 0.5) is 22.7 Å². The van der Waals surface area contributed by atoms with Crippen LogP contribution in [0.15, 0.2) is 58.5 Å². The average molecular weight is 1150 g/mol. The van der Waals surface area contributed by atoms with E-state index < -0.39 is 148 Å². The summed E-state index contributed by atoms with van der Waals surface area (Å²) in [5, 5.41) is 174. The molecule has 4 amide bonds. The highest BCUT2D eigenvalue weighted by Crippen LogP contribution is 2.28. The lowest BCUT2D eigenvalue weighted by atomic mass is 9.98. The summed E-state index contributed by atoms with van der Waals surface area (Å²) < 4.78 is 21.4. The molecule has 9 unspecified atom stereocenters. The highest BCUT2D eigenvalue weighted by Gasteiger charge is 2.48. The molecular weight excluding hydrogens is 1070 g/mol. The third-order valence-corrected chi connectivity index (χ3v) is 12.6. The predicted molar refractivity (Wildman–Crippen MR) is 276 cm³/mol. The van der Waals surface area contributed by atoms with Crippen LogP contribution in [-0.4, -0.2) is 292 Å². The lowest BCUT2D eigenvalue weighted by molar-refractivity contribution is -0.326. The summed E-state index contributed by atoms with van der Waals surface area (Å²) in [7, 11) is 0. The zero-order chi connectivity index (χ0) is 59.2. The highest BCUT2D eigenvalue weighted by molar-refractivity contribution is 5.92. The Kier molecular flexibility index (Phi) is 28.3. The third kappa shape index (κ3) is 20.7. The van der Waals surface area contributed by atoms with Crippen molar-refractivity contribution in [3.05, 3.63) is 48.5 Å². The van der Waals surface area contributed by atoms with Crippen LogP contribution in [0, 0.1) is 0 Å². The largest absolute Gasteiger partial charge is 0.394 e. The fraction of sp³-hybridized carbons (Fsp3) is 0.633. The van der Waals surface area contributed by atoms with Gasteiger partial charge in [-0.1, -0.05) is 12.1 Å². The Bertz CT molecular complexity index is 2150. The van der Waals surface area contributed by atoms with Gasteiger partial charge in [-0.3, -0.25) is 29.2 Å². The molecule has 20 N–H and O–H groups in total. The molecule has 2 saturated heterocycles. The fourth-order valence-electron chi connectivity index (χ4n) is 7.99. The normalized spacial score (nSPS) is 26.5. The maximum absolute atomic E-state index is 13.3. The second-order valence-corrected chi connectivity index (χ2v) is 18.7. The van der Waals surface area contributed by atoms with E-state index in [2.05, 4.69) is 31.3 Å². The van der Waals surface area contributed by atoms with Crippen molar-refractivity contribution in [1.29, 1.82) is 0 Å². The Morgan fingerprint density at radius 3 is 1.39 bits per heavy atom. The molecular formula is C49H75N7O24. The summed E-state index contributed by atoms with van der Waals surface area (Å²) >= 11 is 0. The minimum Gasteiger partial charge on any atom is -0.394 e. The number of amides is 4. The highest BCUT2D eigenvalue weighted by atomic mass is 16.7. The van der Waals surface area contributed by atoms with Gasteiger partial charge in [0.25, 0.3) is 0 Å². The van der Waals surface area contributed by atoms with E-state index in [4.69, 9.17) is 18.9 Å². The Morgan fingerprint density at radius 2 is 1.00 bits per heavy atom. The van der Waals surface area contributed by atoms with Crippen molar-refractivity contribution in [3.63, 3.8) is 0 Å². The Morgan fingerprint density at radius 1 is 0.575 bits per heavy atom. The molecule has 0 bridgehead atoms. The topological polar surface area (TPSA) is 505 Å². The zero-order valence-corrected chi connectivity index (χ0v) is 43.4. The van der Waals surface area contributed by atoms with Crippen LogP contribution in [0.5, 0.6) is 0 Å². The van der Waals surface area contributed by atoms with Gasteiger partial charge in [0.05, 0.1) is 37.8 Å². The van der Waals surface area contributed by atoms with Gasteiger partial charge in [0, 0.05) is 82.7 Å². The maximum Gasteiger partial charge on any atom is 0.225 e. The summed E-state index contributed by atoms with van der Waals surface area (Å²) in [6.45, 7) is -1.77. The zero-order valence-electron chi connectivity index (χ0n) is 43.4. The number of aliphatic hydroxyl groups excluding tert-OH is 16. The smallest absolute Gasteiger partial charge is 0.225 e. The molecule has 2 aliphatic rings. The van der Waals surface area contributed by atoms with Gasteiger partial charge in [0.1, 0.15) is 97.7 Å². The number of carbonyl (C=O) groups excluding carboxylic acids is 4. The molecule has 0 aromatic heterocycles. The third-order valence-electron chi connectivity index (χ3n) is 12.6. The Balaban J connectivity index is 1.36. The SMILES string of the molecule is CC(=O)NCCC(=O)NCCN(CCC(=O)Nc1cccc(N=CC(O)[C@H](O)[C@H](OC2OC(CO)[C@@H](O)[C@@H](O)C2O)C(O)CO)c1)CCC(=O)Nc1cccc(N=CC(O)[C@H](O)[C@H](O[C@H]2OC(CO)[C@@H](O)[C@@H](O)C2O)C(O)CO)c1. The van der Waals surface area contributed by atoms with Gasteiger partial charge in [-0.25, -0.2) is 0 Å². The number of nitrogens with zero attached hydrogens (tertiary/aromatic N) is 3. The predicted octanol–water partition coefficient (Wildman–Crippen LogP) is -8.09. The number of benzene rings is 2. The molecule has 0 aliphatic carbocycles. The fourth-order valence-corrected chi connectivity index (χ4v) is 7.99. The van der Waals surface area contributed by atoms with Crippen LogP contribution < -0.4 is 21.3 Å². The number of aliphatic hydroxyl groups is 16. The van der Waals surface area contributed by atoms with Gasteiger partial charge < -0.3 is 127 Å². The van der Waals surface area contributed by atoms with E-state index in [9.17, 15) is 101 Å². The number of carbonyl (C=O) groups is 4. The van der Waals surface area contributed by atoms with Crippen molar-refractivity contribution in [2.75, 3.05) is 69.8 Å². The number of hydrogen-bond acceptors (Lipinski definition) is 27. The first-order valence-corrected chi connectivity index (χ1v) is 25.4. The van der Waals surface area contributed by atoms with Crippen molar-refractivity contribution in [2.45, 2.75) is 136 Å². The molecule has 2 aromatic rings. The van der Waals surface area contributed by atoms with E-state index in [1.807, 2.05) is 0 Å². The van der Waals surface area contributed by atoms with Crippen molar-refractivity contribution in [2.24, 2.45) is 9.98 Å². The van der Waals surface area contributed by atoms with Crippen molar-refractivity contribution >= 4 is 58.8 Å². The number of aliphatic imine (C=N–C) groups is 2. The molecule has 4 rings (SSSR count). The van der Waals surface area contributed by atoms with E-state index in [1.54, 1.807) is 4.90 Å². The first-order chi connectivity index (χ1) is 38.0. The summed E-state index contributed by atoms with van der Waals surface area (Å²) in [5.74, 6) is -1.65. The minimum atomic E-state index is -2.04. The molecule has 31 nitrogen and oxygen atoms in total. The molecule has 0 spiro atoms. The van der Waals surface area contributed by atoms with Gasteiger partial charge in [-0.05, 0) is 36.4 Å². The first-order valence-electron chi connectivity index (χ1n) is 25.4. The van der Waals surface area contributed by atoms with E-state index in [-0.39, 0.29) is 86.6 Å². The van der Waals surface area contributed by atoms with Crippen molar-refractivity contribution < 1.29 is 120 Å². The molecule has 0 saturated carbocycles. The van der Waals surface area contributed by atoms with Crippen LogP contribution in [0.2, 0.25) is 0 Å². The van der Waals surface area contributed by atoms with E-state index in [0.717, 1.165) is 12.4 Å². The second-order valence-electron chi connectivity index (χ2n) is 18.7. The summed E-state index contributed by atoms with van der Waals surface area (Å²) in [6.07, 6.45) is -31.5. The maximum atomic E-state index is 13.3. The summed E-state index contributed by atoms with van der Waals surface area (Å²) in [6, 6.07) is 11.9. The van der Waals surface area contributed by atoms with Crippen LogP contribution in [0.3, 0.4) is 0 Å². The molecule has 2 aliphatic heterocycles. The Labute approximate surface area is 458 Å². The molecule has 2 aromatic carbocycles. The van der Waals surface area contributed by atoms with E-state index in [0.29, 0.717) is 0 Å². The van der Waals surface area contributed by atoms with Crippen LogP contribution in [0.1, 0.15) is 26.2 Å². The van der Waals surface area contributed by atoms with Gasteiger partial charge in [-0.2, -0.15) is 0 Å². The first kappa shape index (κ1) is 67.3. The van der Waals surface area contributed by atoms with Gasteiger partial charge in [0.2, 0.25) is 23.6 Å².